The number of nitrogens with zero attached hydrogens (tertiary/aromatic N) is 1. The van der Waals surface area contributed by atoms with Crippen LogP contribution < -0.4 is 5.32 Å². The van der Waals surface area contributed by atoms with Crippen LogP contribution in [0.15, 0.2) is 0 Å². The Morgan fingerprint density at radius 2 is 1.88 bits per heavy atom. The molecular weight excluding hydrogens is 224 g/mol. The molecule has 4 nitrogen and oxygen atoms in total. The van der Waals surface area contributed by atoms with Gasteiger partial charge in [-0.2, -0.15) is 12.6 Å². The van der Waals surface area contributed by atoms with Gasteiger partial charge in [0.1, 0.15) is 0 Å². The minimum absolute atomic E-state index is 0.00939. The maximum absolute atomic E-state index is 11.6. The summed E-state index contributed by atoms with van der Waals surface area (Å²) in [6.07, 6.45) is 2.14. The molecule has 0 aromatic heterocycles. The van der Waals surface area contributed by atoms with Crippen molar-refractivity contribution in [3.63, 3.8) is 0 Å². The lowest BCUT2D eigenvalue weighted by Gasteiger charge is -2.18. The summed E-state index contributed by atoms with van der Waals surface area (Å²) in [7, 11) is 0. The molecule has 0 aromatic carbocycles. The molecule has 0 aromatic rings. The van der Waals surface area contributed by atoms with Crippen LogP contribution >= 0.6 is 12.6 Å². The van der Waals surface area contributed by atoms with Crippen molar-refractivity contribution < 1.29 is 9.59 Å². The number of amides is 2. The van der Waals surface area contributed by atoms with Crippen molar-refractivity contribution in [1.82, 2.24) is 10.2 Å². The lowest BCUT2D eigenvalue weighted by atomic mass is 10.1. The van der Waals surface area contributed by atoms with Crippen LogP contribution in [0.25, 0.3) is 0 Å². The predicted molar refractivity (Wildman–Crippen MR) is 66.4 cm³/mol. The van der Waals surface area contributed by atoms with Crippen molar-refractivity contribution in [3.8, 4) is 0 Å². The molecule has 0 radical (unpaired) electrons. The largest absolute Gasteiger partial charge is 0.346 e. The van der Waals surface area contributed by atoms with Crippen molar-refractivity contribution >= 4 is 24.4 Å². The Morgan fingerprint density at radius 3 is 2.38 bits per heavy atom. The van der Waals surface area contributed by atoms with E-state index in [0.29, 0.717) is 0 Å². The fourth-order valence-corrected chi connectivity index (χ4v) is 1.74. The second-order valence-corrected chi connectivity index (χ2v) is 5.05. The maximum atomic E-state index is 11.6. The summed E-state index contributed by atoms with van der Waals surface area (Å²) < 4.78 is 0. The Labute approximate surface area is 102 Å². The van der Waals surface area contributed by atoms with E-state index in [-0.39, 0.29) is 29.5 Å². The van der Waals surface area contributed by atoms with Crippen molar-refractivity contribution in [3.05, 3.63) is 0 Å². The van der Waals surface area contributed by atoms with Crippen molar-refractivity contribution in [1.29, 1.82) is 0 Å². The molecule has 1 saturated heterocycles. The highest BCUT2D eigenvalue weighted by Gasteiger charge is 2.21. The van der Waals surface area contributed by atoms with Gasteiger partial charge in [-0.05, 0) is 18.8 Å². The van der Waals surface area contributed by atoms with Gasteiger partial charge in [0.25, 0.3) is 0 Å². The number of rotatable bonds is 4. The zero-order chi connectivity index (χ0) is 12.1. The number of nitrogens with one attached hydrogen (secondary N) is 1. The van der Waals surface area contributed by atoms with Crippen LogP contribution in [0, 0.1) is 5.92 Å². The number of thiol groups is 1. The van der Waals surface area contributed by atoms with E-state index in [0.717, 1.165) is 25.9 Å². The molecule has 1 rings (SSSR count). The number of hydrogen-bond acceptors (Lipinski definition) is 3. The van der Waals surface area contributed by atoms with Crippen LogP contribution in [0.2, 0.25) is 0 Å². The second kappa shape index (κ2) is 6.13. The lowest BCUT2D eigenvalue weighted by Crippen LogP contribution is -2.42. The normalized spacial score (nSPS) is 17.6. The van der Waals surface area contributed by atoms with E-state index >= 15 is 0 Å². The number of hydrogen-bond donors (Lipinski definition) is 2. The monoisotopic (exact) mass is 244 g/mol. The van der Waals surface area contributed by atoms with Crippen molar-refractivity contribution in [2.75, 3.05) is 19.6 Å². The van der Waals surface area contributed by atoms with E-state index in [2.05, 4.69) is 17.9 Å². The van der Waals surface area contributed by atoms with E-state index in [1.165, 1.54) is 0 Å². The first-order valence-electron chi connectivity index (χ1n) is 5.76. The molecule has 0 aliphatic carbocycles. The van der Waals surface area contributed by atoms with E-state index in [9.17, 15) is 9.59 Å². The Bertz CT molecular complexity index is 249. The summed E-state index contributed by atoms with van der Waals surface area (Å²) in [5, 5.41) is 2.29. The van der Waals surface area contributed by atoms with Crippen molar-refractivity contribution in [2.45, 2.75) is 31.9 Å². The standard InChI is InChI=1S/C11H20N2O2S/c1-8(2)10(16)11(15)12-7-9(14)13-5-3-4-6-13/h8,10,16H,3-7H2,1-2H3,(H,12,15). The number of carbonyl (C=O) groups excluding carboxylic acids is 2. The zero-order valence-corrected chi connectivity index (χ0v) is 10.8. The minimum atomic E-state index is -0.341. The van der Waals surface area contributed by atoms with E-state index in [4.69, 9.17) is 0 Å². The Hall–Kier alpha value is -0.710. The first-order chi connectivity index (χ1) is 7.52. The Balaban J connectivity index is 2.28. The first-order valence-corrected chi connectivity index (χ1v) is 6.27. The van der Waals surface area contributed by atoms with Gasteiger partial charge >= 0.3 is 0 Å². The van der Waals surface area contributed by atoms with Crippen LogP contribution in [-0.4, -0.2) is 41.6 Å². The highest BCUT2D eigenvalue weighted by molar-refractivity contribution is 7.81. The quantitative estimate of drug-likeness (QED) is 0.715. The van der Waals surface area contributed by atoms with Crippen molar-refractivity contribution in [2.24, 2.45) is 5.92 Å². The molecule has 1 unspecified atom stereocenters. The van der Waals surface area contributed by atoms with Crippen LogP contribution in [-0.2, 0) is 9.59 Å². The van der Waals surface area contributed by atoms with Gasteiger partial charge in [-0.3, -0.25) is 9.59 Å². The average molecular weight is 244 g/mol. The first kappa shape index (κ1) is 13.4. The molecule has 0 saturated carbocycles. The highest BCUT2D eigenvalue weighted by Crippen LogP contribution is 2.09. The van der Waals surface area contributed by atoms with E-state index < -0.39 is 0 Å². The third-order valence-corrected chi connectivity index (χ3v) is 3.60. The Kier molecular flexibility index (Phi) is 5.12. The molecule has 1 atom stereocenters. The molecule has 1 fully saturated rings. The molecule has 1 N–H and O–H groups in total. The third kappa shape index (κ3) is 3.70. The molecule has 5 heteroatoms. The van der Waals surface area contributed by atoms with E-state index in [1.807, 2.05) is 13.8 Å². The average Bonchev–Trinajstić information content (AvgIpc) is 2.77. The predicted octanol–water partition coefficient (Wildman–Crippen LogP) is 0.679. The smallest absolute Gasteiger partial charge is 0.241 e. The summed E-state index contributed by atoms with van der Waals surface area (Å²) in [5.41, 5.74) is 0. The van der Waals surface area contributed by atoms with Crippen LogP contribution in [0.3, 0.4) is 0 Å². The third-order valence-electron chi connectivity index (χ3n) is 2.77. The molecule has 0 spiro atoms. The summed E-state index contributed by atoms with van der Waals surface area (Å²) in [6, 6.07) is 0. The van der Waals surface area contributed by atoms with Crippen LogP contribution in [0.5, 0.6) is 0 Å². The van der Waals surface area contributed by atoms with Gasteiger partial charge < -0.3 is 10.2 Å². The van der Waals surface area contributed by atoms with Crippen LogP contribution in [0.4, 0.5) is 0 Å². The molecule has 1 heterocycles. The van der Waals surface area contributed by atoms with Gasteiger partial charge in [-0.25, -0.2) is 0 Å². The lowest BCUT2D eigenvalue weighted by molar-refractivity contribution is -0.132. The highest BCUT2D eigenvalue weighted by atomic mass is 32.1. The molecule has 16 heavy (non-hydrogen) atoms. The van der Waals surface area contributed by atoms with Crippen LogP contribution in [0.1, 0.15) is 26.7 Å². The summed E-state index contributed by atoms with van der Waals surface area (Å²) in [5.74, 6) is 0.0197. The molecule has 92 valence electrons. The number of carbonyl (C=O) groups is 2. The second-order valence-electron chi connectivity index (χ2n) is 4.49. The minimum Gasteiger partial charge on any atom is -0.346 e. The van der Waals surface area contributed by atoms with Gasteiger partial charge in [-0.1, -0.05) is 13.8 Å². The molecule has 2 amide bonds. The fourth-order valence-electron chi connectivity index (χ4n) is 1.65. The molecule has 1 aliphatic heterocycles. The topological polar surface area (TPSA) is 49.4 Å². The van der Waals surface area contributed by atoms with Gasteiger partial charge in [0, 0.05) is 13.1 Å². The molecule has 1 aliphatic rings. The summed E-state index contributed by atoms with van der Waals surface area (Å²) in [6.45, 7) is 5.61. The Morgan fingerprint density at radius 1 is 1.31 bits per heavy atom. The summed E-state index contributed by atoms with van der Waals surface area (Å²) >= 11 is 4.20. The fraction of sp³-hybridized carbons (Fsp3) is 0.818. The molecule has 0 bridgehead atoms. The van der Waals surface area contributed by atoms with Gasteiger partial charge in [0.05, 0.1) is 11.8 Å². The van der Waals surface area contributed by atoms with Gasteiger partial charge in [-0.15, -0.1) is 0 Å². The zero-order valence-electron chi connectivity index (χ0n) is 9.90. The van der Waals surface area contributed by atoms with Gasteiger partial charge in [0.15, 0.2) is 0 Å². The van der Waals surface area contributed by atoms with E-state index in [1.54, 1.807) is 4.90 Å². The SMILES string of the molecule is CC(C)C(S)C(=O)NCC(=O)N1CCCC1. The number of likely N-dealkylation sites (tertiary alicyclic amines) is 1. The summed E-state index contributed by atoms with van der Waals surface area (Å²) in [4.78, 5) is 25.0. The van der Waals surface area contributed by atoms with Gasteiger partial charge in [0.2, 0.25) is 11.8 Å². The molecular formula is C11H20N2O2S. The maximum Gasteiger partial charge on any atom is 0.241 e.